The van der Waals surface area contributed by atoms with E-state index in [1.807, 2.05) is 36.8 Å². The van der Waals surface area contributed by atoms with Gasteiger partial charge < -0.3 is 0 Å². The first-order valence-corrected chi connectivity index (χ1v) is 5.98. The number of nitrogens with zero attached hydrogens (tertiary/aromatic N) is 2. The Morgan fingerprint density at radius 2 is 1.94 bits per heavy atom. The molecule has 0 atom stereocenters. The predicted octanol–water partition coefficient (Wildman–Crippen LogP) is 3.67. The van der Waals surface area contributed by atoms with Crippen molar-refractivity contribution in [2.24, 2.45) is 0 Å². The van der Waals surface area contributed by atoms with Gasteiger partial charge in [-0.2, -0.15) is 0 Å². The summed E-state index contributed by atoms with van der Waals surface area (Å²) in [4.78, 5) is 9.90. The summed E-state index contributed by atoms with van der Waals surface area (Å²) >= 11 is 1.68. The monoisotopic (exact) mass is 226 g/mol. The Morgan fingerprint density at radius 1 is 1.06 bits per heavy atom. The van der Waals surface area contributed by atoms with Crippen molar-refractivity contribution >= 4 is 22.2 Å². The number of hydrogen-bond donors (Lipinski definition) is 0. The molecule has 0 aliphatic heterocycles. The zero-order valence-electron chi connectivity index (χ0n) is 8.84. The lowest BCUT2D eigenvalue weighted by molar-refractivity contribution is 1.27. The maximum absolute atomic E-state index is 4.37. The van der Waals surface area contributed by atoms with Gasteiger partial charge in [0.15, 0.2) is 0 Å². The molecule has 0 aliphatic rings. The maximum Gasteiger partial charge on any atom is 0.0801 e. The van der Waals surface area contributed by atoms with Crippen LogP contribution in [0.15, 0.2) is 42.0 Å². The van der Waals surface area contributed by atoms with Crippen LogP contribution in [0.4, 0.5) is 0 Å². The lowest BCUT2D eigenvalue weighted by Crippen LogP contribution is -1.83. The van der Waals surface area contributed by atoms with Crippen LogP contribution in [-0.2, 0) is 0 Å². The quantitative estimate of drug-likeness (QED) is 0.632. The zero-order valence-corrected chi connectivity index (χ0v) is 9.66. The predicted molar refractivity (Wildman–Crippen MR) is 67.6 cm³/mol. The molecular formula is C13H10N2S. The van der Waals surface area contributed by atoms with Crippen LogP contribution in [0.3, 0.4) is 0 Å². The Hall–Kier alpha value is -1.74. The van der Waals surface area contributed by atoms with E-state index in [9.17, 15) is 0 Å². The summed E-state index contributed by atoms with van der Waals surface area (Å²) in [6, 6.07) is 10.3. The van der Waals surface area contributed by atoms with Crippen molar-refractivity contribution in [1.82, 2.24) is 9.97 Å². The highest BCUT2D eigenvalue weighted by molar-refractivity contribution is 7.13. The molecule has 0 amide bonds. The number of benzene rings is 1. The molecule has 78 valence electrons. The summed E-state index contributed by atoms with van der Waals surface area (Å²) in [5, 5.41) is 1.19. The van der Waals surface area contributed by atoms with E-state index in [0.717, 1.165) is 11.2 Å². The van der Waals surface area contributed by atoms with Gasteiger partial charge in [0.2, 0.25) is 0 Å². The van der Waals surface area contributed by atoms with Gasteiger partial charge in [0.1, 0.15) is 0 Å². The molecule has 16 heavy (non-hydrogen) atoms. The number of pyridine rings is 1. The molecule has 0 fully saturated rings. The molecule has 0 radical (unpaired) electrons. The largest absolute Gasteiger partial charge is 0.256 e. The van der Waals surface area contributed by atoms with Crippen molar-refractivity contribution in [1.29, 1.82) is 0 Å². The third kappa shape index (κ3) is 1.41. The number of aromatic nitrogens is 2. The number of aryl methyl sites for hydroxylation is 1. The highest BCUT2D eigenvalue weighted by atomic mass is 32.1. The first-order chi connectivity index (χ1) is 7.86. The van der Waals surface area contributed by atoms with E-state index in [1.54, 1.807) is 11.3 Å². The van der Waals surface area contributed by atoms with Crippen molar-refractivity contribution in [3.05, 3.63) is 47.7 Å². The van der Waals surface area contributed by atoms with E-state index in [4.69, 9.17) is 0 Å². The highest BCUT2D eigenvalue weighted by Gasteiger charge is 2.08. The van der Waals surface area contributed by atoms with E-state index in [1.165, 1.54) is 15.8 Å². The highest BCUT2D eigenvalue weighted by Crippen LogP contribution is 2.32. The fourth-order valence-electron chi connectivity index (χ4n) is 1.85. The third-order valence-electron chi connectivity index (χ3n) is 2.64. The molecule has 3 rings (SSSR count). The summed E-state index contributed by atoms with van der Waals surface area (Å²) in [5.41, 5.74) is 5.24. The van der Waals surface area contributed by atoms with Gasteiger partial charge in [-0.1, -0.05) is 18.2 Å². The molecule has 0 aliphatic carbocycles. The topological polar surface area (TPSA) is 25.8 Å². The zero-order chi connectivity index (χ0) is 11.0. The van der Waals surface area contributed by atoms with Crippen LogP contribution >= 0.6 is 11.3 Å². The van der Waals surface area contributed by atoms with Gasteiger partial charge in [0.25, 0.3) is 0 Å². The second-order valence-corrected chi connectivity index (χ2v) is 4.50. The Balaban J connectivity index is 2.36. The van der Waals surface area contributed by atoms with E-state index in [0.29, 0.717) is 0 Å². The van der Waals surface area contributed by atoms with Crippen molar-refractivity contribution in [2.45, 2.75) is 6.92 Å². The van der Waals surface area contributed by atoms with Gasteiger partial charge >= 0.3 is 0 Å². The first-order valence-electron chi connectivity index (χ1n) is 5.10. The second-order valence-electron chi connectivity index (χ2n) is 3.64. The minimum absolute atomic E-state index is 1.04. The summed E-state index contributed by atoms with van der Waals surface area (Å²) in [5.74, 6) is 0. The van der Waals surface area contributed by atoms with E-state index in [2.05, 4.69) is 22.1 Å². The Morgan fingerprint density at radius 3 is 2.75 bits per heavy atom. The minimum atomic E-state index is 1.04. The Bertz CT molecular complexity index is 638. The molecular weight excluding hydrogens is 216 g/mol. The fourth-order valence-corrected chi connectivity index (χ4v) is 2.70. The Kier molecular flexibility index (Phi) is 2.18. The van der Waals surface area contributed by atoms with Crippen LogP contribution in [0, 0.1) is 6.92 Å². The molecule has 3 aromatic rings. The lowest BCUT2D eigenvalue weighted by atomic mass is 10.1. The normalized spacial score (nSPS) is 10.8. The summed E-state index contributed by atoms with van der Waals surface area (Å²) < 4.78 is 0. The van der Waals surface area contributed by atoms with Crippen LogP contribution in [0.5, 0.6) is 0 Å². The van der Waals surface area contributed by atoms with Gasteiger partial charge in [0.05, 0.1) is 21.6 Å². The molecule has 1 aromatic carbocycles. The summed E-state index contributed by atoms with van der Waals surface area (Å²) in [7, 11) is 0. The van der Waals surface area contributed by atoms with Crippen molar-refractivity contribution in [3.63, 3.8) is 0 Å². The average molecular weight is 226 g/mol. The molecule has 0 N–H and O–H groups in total. The summed E-state index contributed by atoms with van der Waals surface area (Å²) in [6.45, 7) is 2.04. The van der Waals surface area contributed by atoms with Crippen LogP contribution in [0.1, 0.15) is 5.69 Å². The molecule has 2 nitrogen and oxygen atoms in total. The molecule has 3 heteroatoms. The van der Waals surface area contributed by atoms with Crippen LogP contribution in [-0.4, -0.2) is 9.97 Å². The van der Waals surface area contributed by atoms with Crippen molar-refractivity contribution in [3.8, 4) is 10.4 Å². The van der Waals surface area contributed by atoms with Crippen LogP contribution < -0.4 is 0 Å². The molecule has 2 aromatic heterocycles. The minimum Gasteiger partial charge on any atom is -0.256 e. The third-order valence-corrected chi connectivity index (χ3v) is 3.60. The van der Waals surface area contributed by atoms with Gasteiger partial charge in [-0.05, 0) is 19.1 Å². The number of thiazole rings is 1. The number of fused-ring (bicyclic) bond motifs is 1. The first kappa shape index (κ1) is 9.48. The van der Waals surface area contributed by atoms with Gasteiger partial charge in [-0.25, -0.2) is 4.98 Å². The molecule has 0 saturated carbocycles. The molecule has 0 bridgehead atoms. The van der Waals surface area contributed by atoms with Crippen LogP contribution in [0.2, 0.25) is 0 Å². The molecule has 0 spiro atoms. The van der Waals surface area contributed by atoms with Crippen molar-refractivity contribution < 1.29 is 0 Å². The van der Waals surface area contributed by atoms with Crippen LogP contribution in [0.25, 0.3) is 21.3 Å². The second kappa shape index (κ2) is 3.68. The smallest absolute Gasteiger partial charge is 0.0801 e. The summed E-state index contributed by atoms with van der Waals surface area (Å²) in [6.07, 6.45) is 1.86. The standard InChI is InChI=1S/C13H10N2S/c1-9-13(16-8-15-9)11-6-7-14-12-5-3-2-4-10(11)12/h2-8H,1H3. The molecule has 0 saturated heterocycles. The van der Waals surface area contributed by atoms with Gasteiger partial charge in [0, 0.05) is 17.1 Å². The SMILES string of the molecule is Cc1ncsc1-c1ccnc2ccccc12. The van der Waals surface area contributed by atoms with Gasteiger partial charge in [-0.3, -0.25) is 4.98 Å². The fraction of sp³-hybridized carbons (Fsp3) is 0.0769. The average Bonchev–Trinajstić information content (AvgIpc) is 2.75. The number of para-hydroxylation sites is 1. The number of hydrogen-bond acceptors (Lipinski definition) is 3. The molecule has 2 heterocycles. The number of rotatable bonds is 1. The molecule has 0 unspecified atom stereocenters. The maximum atomic E-state index is 4.37. The lowest BCUT2D eigenvalue weighted by Gasteiger charge is -2.03. The van der Waals surface area contributed by atoms with E-state index in [-0.39, 0.29) is 0 Å². The van der Waals surface area contributed by atoms with E-state index >= 15 is 0 Å². The Labute approximate surface area is 97.6 Å². The van der Waals surface area contributed by atoms with E-state index < -0.39 is 0 Å². The van der Waals surface area contributed by atoms with Gasteiger partial charge in [-0.15, -0.1) is 11.3 Å². The van der Waals surface area contributed by atoms with Crippen molar-refractivity contribution in [2.75, 3.05) is 0 Å².